The Kier molecular flexibility index (Phi) is 11.1. The van der Waals surface area contributed by atoms with Gasteiger partial charge in [0.05, 0.1) is 15.6 Å². The second kappa shape index (κ2) is 15.0. The van der Waals surface area contributed by atoms with Gasteiger partial charge in [-0.25, -0.2) is 12.8 Å². The number of nitrogens with zero attached hydrogens (tertiary/aromatic N) is 2. The van der Waals surface area contributed by atoms with Gasteiger partial charge in [-0.2, -0.15) is 0 Å². The predicted octanol–water partition coefficient (Wildman–Crippen LogP) is 6.09. The Morgan fingerprint density at radius 2 is 1.41 bits per heavy atom. The third-order valence-electron chi connectivity index (χ3n) is 6.95. The summed E-state index contributed by atoms with van der Waals surface area (Å²) in [5.74, 6) is -1.30. The van der Waals surface area contributed by atoms with Crippen molar-refractivity contribution < 1.29 is 22.4 Å². The number of carbonyl (C=O) groups is 2. The molecule has 0 aliphatic heterocycles. The molecule has 0 aromatic heterocycles. The molecule has 2 amide bonds. The highest BCUT2D eigenvalue weighted by Gasteiger charge is 2.35. The van der Waals surface area contributed by atoms with E-state index in [2.05, 4.69) is 5.32 Å². The van der Waals surface area contributed by atoms with Gasteiger partial charge in [0.2, 0.25) is 11.8 Å². The molecule has 230 valence electrons. The smallest absolute Gasteiger partial charge is 0.264 e. The van der Waals surface area contributed by atoms with E-state index in [1.807, 2.05) is 44.2 Å². The van der Waals surface area contributed by atoms with Crippen LogP contribution in [0.25, 0.3) is 0 Å². The molecule has 0 radical (unpaired) electrons. The van der Waals surface area contributed by atoms with Crippen molar-refractivity contribution in [3.8, 4) is 0 Å². The van der Waals surface area contributed by atoms with Crippen molar-refractivity contribution in [2.24, 2.45) is 5.92 Å². The largest absolute Gasteiger partial charge is 0.354 e. The number of rotatable bonds is 13. The van der Waals surface area contributed by atoms with E-state index in [0.717, 1.165) is 9.87 Å². The molecule has 4 aromatic rings. The molecule has 0 bridgehead atoms. The van der Waals surface area contributed by atoms with Crippen molar-refractivity contribution in [3.63, 3.8) is 0 Å². The summed E-state index contributed by atoms with van der Waals surface area (Å²) in [4.78, 5) is 29.5. The molecule has 4 rings (SSSR count). The molecule has 7 nitrogen and oxygen atoms in total. The van der Waals surface area contributed by atoms with Crippen LogP contribution in [0.15, 0.2) is 114 Å². The molecule has 0 aliphatic carbocycles. The van der Waals surface area contributed by atoms with Gasteiger partial charge in [0.25, 0.3) is 10.0 Å². The first kappa shape index (κ1) is 32.7. The molecule has 0 spiro atoms. The minimum absolute atomic E-state index is 0.0201. The number of hydrogen-bond donors (Lipinski definition) is 1. The molecule has 0 aliphatic rings. The van der Waals surface area contributed by atoms with E-state index in [1.54, 1.807) is 36.4 Å². The molecule has 10 heteroatoms. The maximum atomic E-state index is 14.4. The number of halogens is 2. The van der Waals surface area contributed by atoms with E-state index in [1.165, 1.54) is 47.4 Å². The molecule has 0 saturated heterocycles. The Bertz CT molecular complexity index is 1650. The van der Waals surface area contributed by atoms with Crippen LogP contribution in [0.1, 0.15) is 25.0 Å². The van der Waals surface area contributed by atoms with Gasteiger partial charge in [-0.05, 0) is 53.4 Å². The van der Waals surface area contributed by atoms with Crippen LogP contribution in [0, 0.1) is 11.7 Å². The van der Waals surface area contributed by atoms with Crippen molar-refractivity contribution in [2.75, 3.05) is 17.4 Å². The van der Waals surface area contributed by atoms with Gasteiger partial charge < -0.3 is 10.2 Å². The van der Waals surface area contributed by atoms with E-state index in [-0.39, 0.29) is 40.4 Å². The lowest BCUT2D eigenvalue weighted by atomic mass is 10.0. The first-order valence-electron chi connectivity index (χ1n) is 14.2. The fourth-order valence-corrected chi connectivity index (χ4v) is 6.39. The molecule has 0 heterocycles. The number of nitrogens with one attached hydrogen (secondary N) is 1. The number of sulfonamides is 1. The highest BCUT2D eigenvalue weighted by atomic mass is 35.5. The van der Waals surface area contributed by atoms with Crippen molar-refractivity contribution in [2.45, 2.75) is 37.8 Å². The van der Waals surface area contributed by atoms with Crippen LogP contribution in [0.2, 0.25) is 5.02 Å². The summed E-state index contributed by atoms with van der Waals surface area (Å²) >= 11 is 6.48. The zero-order valence-corrected chi connectivity index (χ0v) is 26.1. The molecular formula is C34H35ClFN3O4S. The Labute approximate surface area is 263 Å². The van der Waals surface area contributed by atoms with Gasteiger partial charge in [-0.1, -0.05) is 98.2 Å². The van der Waals surface area contributed by atoms with Crippen LogP contribution < -0.4 is 9.62 Å². The summed E-state index contributed by atoms with van der Waals surface area (Å²) in [6.45, 7) is 3.61. The van der Waals surface area contributed by atoms with Crippen LogP contribution in [-0.4, -0.2) is 44.3 Å². The van der Waals surface area contributed by atoms with Crippen molar-refractivity contribution >= 4 is 39.1 Å². The van der Waals surface area contributed by atoms with Crippen molar-refractivity contribution in [1.82, 2.24) is 10.2 Å². The SMILES string of the molecule is CC(C)CNC(=O)[C@@H](Cc1ccccc1)N(Cc1ccc(F)cc1)C(=O)CN(c1ccccc1Cl)S(=O)(=O)c1ccccc1. The van der Waals surface area contributed by atoms with Crippen LogP contribution in [0.3, 0.4) is 0 Å². The van der Waals surface area contributed by atoms with E-state index >= 15 is 0 Å². The second-order valence-corrected chi connectivity index (χ2v) is 13.0. The lowest BCUT2D eigenvalue weighted by Crippen LogP contribution is -2.53. The van der Waals surface area contributed by atoms with Crippen LogP contribution in [0.4, 0.5) is 10.1 Å². The van der Waals surface area contributed by atoms with Gasteiger partial charge >= 0.3 is 0 Å². The molecule has 4 aromatic carbocycles. The van der Waals surface area contributed by atoms with E-state index < -0.39 is 34.3 Å². The number of anilines is 1. The average molecular weight is 636 g/mol. The fraction of sp³-hybridized carbons (Fsp3) is 0.235. The lowest BCUT2D eigenvalue weighted by molar-refractivity contribution is -0.140. The first-order valence-corrected chi connectivity index (χ1v) is 16.1. The fourth-order valence-electron chi connectivity index (χ4n) is 4.65. The number of benzene rings is 4. The molecule has 0 saturated carbocycles. The summed E-state index contributed by atoms with van der Waals surface area (Å²) in [5, 5.41) is 3.08. The Hall–Kier alpha value is -4.21. The summed E-state index contributed by atoms with van der Waals surface area (Å²) in [5.41, 5.74) is 1.51. The molecule has 0 unspecified atom stereocenters. The Morgan fingerprint density at radius 1 is 0.818 bits per heavy atom. The average Bonchev–Trinajstić information content (AvgIpc) is 3.02. The Morgan fingerprint density at radius 3 is 2.02 bits per heavy atom. The van der Waals surface area contributed by atoms with Gasteiger partial charge in [0.15, 0.2) is 0 Å². The van der Waals surface area contributed by atoms with Crippen molar-refractivity contribution in [3.05, 3.63) is 131 Å². The minimum atomic E-state index is -4.26. The maximum Gasteiger partial charge on any atom is 0.264 e. The quantitative estimate of drug-likeness (QED) is 0.193. The molecule has 1 atom stereocenters. The molecule has 44 heavy (non-hydrogen) atoms. The summed E-state index contributed by atoms with van der Waals surface area (Å²) in [7, 11) is -4.26. The molecule has 0 fully saturated rings. The third kappa shape index (κ3) is 8.45. The highest BCUT2D eigenvalue weighted by Crippen LogP contribution is 2.31. The first-order chi connectivity index (χ1) is 21.1. The number of amides is 2. The molecular weight excluding hydrogens is 601 g/mol. The zero-order valence-electron chi connectivity index (χ0n) is 24.6. The molecule has 1 N–H and O–H groups in total. The van der Waals surface area contributed by atoms with E-state index in [9.17, 15) is 22.4 Å². The monoisotopic (exact) mass is 635 g/mol. The predicted molar refractivity (Wildman–Crippen MR) is 171 cm³/mol. The zero-order chi connectivity index (χ0) is 31.7. The van der Waals surface area contributed by atoms with Gasteiger partial charge in [-0.15, -0.1) is 0 Å². The van der Waals surface area contributed by atoms with Crippen LogP contribution in [0.5, 0.6) is 0 Å². The number of carbonyl (C=O) groups excluding carboxylic acids is 2. The number of hydrogen-bond acceptors (Lipinski definition) is 4. The number of para-hydroxylation sites is 1. The standard InChI is InChI=1S/C34H35ClFN3O4S/c1-25(2)22-37-34(41)32(21-26-11-5-3-6-12-26)38(23-27-17-19-28(36)20-18-27)33(40)24-39(31-16-10-9-15-30(31)35)44(42,43)29-13-7-4-8-14-29/h3-20,25,32H,21-24H2,1-2H3,(H,37,41)/t32-/m1/s1. The van der Waals surface area contributed by atoms with Crippen LogP contribution >= 0.6 is 11.6 Å². The van der Waals surface area contributed by atoms with Crippen molar-refractivity contribution in [1.29, 1.82) is 0 Å². The normalized spacial score (nSPS) is 12.0. The Balaban J connectivity index is 1.79. The topological polar surface area (TPSA) is 86.8 Å². The van der Waals surface area contributed by atoms with Gasteiger partial charge in [0.1, 0.15) is 18.4 Å². The van der Waals surface area contributed by atoms with E-state index in [0.29, 0.717) is 12.1 Å². The van der Waals surface area contributed by atoms with E-state index in [4.69, 9.17) is 11.6 Å². The summed E-state index contributed by atoms with van der Waals surface area (Å²) in [6.07, 6.45) is 0.176. The summed E-state index contributed by atoms with van der Waals surface area (Å²) in [6, 6.07) is 28.0. The highest BCUT2D eigenvalue weighted by molar-refractivity contribution is 7.92. The third-order valence-corrected chi connectivity index (χ3v) is 9.05. The second-order valence-electron chi connectivity index (χ2n) is 10.8. The van der Waals surface area contributed by atoms with Gasteiger partial charge in [-0.3, -0.25) is 13.9 Å². The maximum absolute atomic E-state index is 14.4. The lowest BCUT2D eigenvalue weighted by Gasteiger charge is -2.34. The minimum Gasteiger partial charge on any atom is -0.354 e. The van der Waals surface area contributed by atoms with Crippen LogP contribution in [-0.2, 0) is 32.6 Å². The summed E-state index contributed by atoms with van der Waals surface area (Å²) < 4.78 is 42.7. The van der Waals surface area contributed by atoms with Gasteiger partial charge in [0, 0.05) is 19.5 Å².